The average molecular weight is 318 g/mol. The lowest BCUT2D eigenvalue weighted by molar-refractivity contribution is -0.121. The molecule has 0 fully saturated rings. The van der Waals surface area contributed by atoms with E-state index in [9.17, 15) is 9.59 Å². The molecule has 0 aliphatic carbocycles. The smallest absolute Gasteiger partial charge is 0.321 e. The van der Waals surface area contributed by atoms with E-state index in [1.54, 1.807) is 37.1 Å². The predicted molar refractivity (Wildman–Crippen MR) is 85.5 cm³/mol. The zero-order valence-electron chi connectivity index (χ0n) is 13.6. The molecule has 1 unspecified atom stereocenters. The summed E-state index contributed by atoms with van der Waals surface area (Å²) in [6, 6.07) is 8.53. The molecule has 1 aromatic carbocycles. The number of rotatable bonds is 7. The summed E-state index contributed by atoms with van der Waals surface area (Å²) in [7, 11) is 3.31. The molecule has 0 aliphatic rings. The Hall–Kier alpha value is -2.43. The molecule has 0 spiro atoms. The summed E-state index contributed by atoms with van der Waals surface area (Å²) in [5, 5.41) is 13.7. The van der Waals surface area contributed by atoms with Crippen LogP contribution in [-0.4, -0.2) is 50.2 Å². The summed E-state index contributed by atoms with van der Waals surface area (Å²) < 4.78 is 4.90. The minimum absolute atomic E-state index is 0.0723. The van der Waals surface area contributed by atoms with Crippen LogP contribution in [-0.2, 0) is 16.1 Å². The number of urea groups is 1. The van der Waals surface area contributed by atoms with Crippen molar-refractivity contribution in [2.24, 2.45) is 0 Å². The van der Waals surface area contributed by atoms with Gasteiger partial charge in [0, 0.05) is 13.7 Å². The van der Waals surface area contributed by atoms with Crippen molar-refractivity contribution >= 4 is 11.9 Å². The van der Waals surface area contributed by atoms with Crippen molar-refractivity contribution in [3.63, 3.8) is 0 Å². The van der Waals surface area contributed by atoms with E-state index >= 15 is 0 Å². The van der Waals surface area contributed by atoms with Gasteiger partial charge in [-0.05, 0) is 31.7 Å². The number of benzene rings is 1. The molecule has 23 heavy (non-hydrogen) atoms. The fourth-order valence-corrected chi connectivity index (χ4v) is 2.07. The molecule has 2 N–H and O–H groups in total. The second-order valence-electron chi connectivity index (χ2n) is 5.36. The largest absolute Gasteiger partial charge is 0.383 e. The molecule has 0 radical (unpaired) electrons. The normalized spacial score (nSPS) is 11.6. The van der Waals surface area contributed by atoms with E-state index in [4.69, 9.17) is 10.00 Å². The number of imide groups is 1. The minimum Gasteiger partial charge on any atom is -0.383 e. The van der Waals surface area contributed by atoms with Crippen LogP contribution in [0.1, 0.15) is 18.1 Å². The molecule has 1 atom stereocenters. The van der Waals surface area contributed by atoms with Gasteiger partial charge in [0.05, 0.1) is 30.8 Å². The van der Waals surface area contributed by atoms with Crippen LogP contribution in [0.15, 0.2) is 24.3 Å². The Labute approximate surface area is 136 Å². The number of ether oxygens (including phenoxy) is 1. The number of carbonyl (C=O) groups is 2. The van der Waals surface area contributed by atoms with E-state index in [-0.39, 0.29) is 12.6 Å². The van der Waals surface area contributed by atoms with Gasteiger partial charge < -0.3 is 10.1 Å². The Bertz CT molecular complexity index is 583. The lowest BCUT2D eigenvalue weighted by atomic mass is 10.1. The van der Waals surface area contributed by atoms with Crippen molar-refractivity contribution in [2.75, 3.05) is 27.3 Å². The van der Waals surface area contributed by atoms with Crippen LogP contribution in [0, 0.1) is 11.3 Å². The van der Waals surface area contributed by atoms with Crippen molar-refractivity contribution in [1.29, 1.82) is 5.26 Å². The molecule has 1 rings (SSSR count). The van der Waals surface area contributed by atoms with Gasteiger partial charge in [-0.3, -0.25) is 15.0 Å². The highest BCUT2D eigenvalue weighted by atomic mass is 16.5. The van der Waals surface area contributed by atoms with Crippen molar-refractivity contribution in [3.05, 3.63) is 35.4 Å². The molecule has 0 aromatic heterocycles. The van der Waals surface area contributed by atoms with Crippen LogP contribution >= 0.6 is 0 Å². The first-order chi connectivity index (χ1) is 10.9. The van der Waals surface area contributed by atoms with Gasteiger partial charge in [0.15, 0.2) is 0 Å². The molecule has 1 aromatic rings. The number of nitrogens with one attached hydrogen (secondary N) is 2. The third-order valence-corrected chi connectivity index (χ3v) is 2.97. The number of methoxy groups -OCH3 is 1. The predicted octanol–water partition coefficient (Wildman–Crippen LogP) is 0.851. The lowest BCUT2D eigenvalue weighted by Gasteiger charge is -2.17. The van der Waals surface area contributed by atoms with E-state index in [0.29, 0.717) is 18.7 Å². The summed E-state index contributed by atoms with van der Waals surface area (Å²) in [4.78, 5) is 25.2. The zero-order valence-corrected chi connectivity index (χ0v) is 13.6. The summed E-state index contributed by atoms with van der Waals surface area (Å²) in [6.07, 6.45) is 0. The summed E-state index contributed by atoms with van der Waals surface area (Å²) in [5.74, 6) is -0.397. The van der Waals surface area contributed by atoms with E-state index in [1.807, 2.05) is 6.07 Å². The highest BCUT2D eigenvalue weighted by molar-refractivity contribution is 5.95. The molecule has 0 saturated carbocycles. The maximum atomic E-state index is 11.8. The van der Waals surface area contributed by atoms with Crippen molar-refractivity contribution in [3.8, 4) is 6.07 Å². The molecule has 0 heterocycles. The molecular weight excluding hydrogens is 296 g/mol. The van der Waals surface area contributed by atoms with Crippen molar-refractivity contribution in [2.45, 2.75) is 19.5 Å². The highest BCUT2D eigenvalue weighted by Crippen LogP contribution is 2.06. The number of nitrogens with zero attached hydrogens (tertiary/aromatic N) is 2. The number of hydrogen-bond acceptors (Lipinski definition) is 5. The average Bonchev–Trinajstić information content (AvgIpc) is 2.46. The minimum atomic E-state index is -0.542. The van der Waals surface area contributed by atoms with Gasteiger partial charge in [-0.25, -0.2) is 4.79 Å². The molecule has 7 nitrogen and oxygen atoms in total. The zero-order chi connectivity index (χ0) is 17.2. The van der Waals surface area contributed by atoms with Gasteiger partial charge in [0.25, 0.3) is 0 Å². The monoisotopic (exact) mass is 318 g/mol. The molecule has 0 aliphatic heterocycles. The first kappa shape index (κ1) is 18.6. The fourth-order valence-electron chi connectivity index (χ4n) is 2.07. The maximum absolute atomic E-state index is 11.8. The van der Waals surface area contributed by atoms with Gasteiger partial charge in [0.1, 0.15) is 0 Å². The Morgan fingerprint density at radius 2 is 2.17 bits per heavy atom. The molecule has 0 bridgehead atoms. The SMILES string of the molecule is COCC(C)NC(=O)NC(=O)CN(C)Cc1cccc(C#N)c1. The van der Waals surface area contributed by atoms with E-state index in [2.05, 4.69) is 16.7 Å². The lowest BCUT2D eigenvalue weighted by Crippen LogP contribution is -2.47. The first-order valence-corrected chi connectivity index (χ1v) is 7.21. The molecular formula is C16H22N4O3. The van der Waals surface area contributed by atoms with Crippen molar-refractivity contribution in [1.82, 2.24) is 15.5 Å². The van der Waals surface area contributed by atoms with Crippen LogP contribution < -0.4 is 10.6 Å². The van der Waals surface area contributed by atoms with Gasteiger partial charge >= 0.3 is 6.03 Å². The van der Waals surface area contributed by atoms with Gasteiger partial charge in [-0.2, -0.15) is 5.26 Å². The number of carbonyl (C=O) groups excluding carboxylic acids is 2. The quantitative estimate of drug-likeness (QED) is 0.777. The Morgan fingerprint density at radius 3 is 2.83 bits per heavy atom. The summed E-state index contributed by atoms with van der Waals surface area (Å²) in [5.41, 5.74) is 1.50. The topological polar surface area (TPSA) is 94.5 Å². The van der Waals surface area contributed by atoms with Gasteiger partial charge in [-0.15, -0.1) is 0 Å². The van der Waals surface area contributed by atoms with Crippen LogP contribution in [0.2, 0.25) is 0 Å². The Balaban J connectivity index is 2.41. The van der Waals surface area contributed by atoms with Crippen molar-refractivity contribution < 1.29 is 14.3 Å². The standard InChI is InChI=1S/C16H22N4O3/c1-12(11-23-3)18-16(22)19-15(21)10-20(2)9-14-6-4-5-13(7-14)8-17/h4-7,12H,9-11H2,1-3H3,(H2,18,19,21,22). The number of nitriles is 1. The first-order valence-electron chi connectivity index (χ1n) is 7.21. The maximum Gasteiger partial charge on any atom is 0.321 e. The van der Waals surface area contributed by atoms with E-state index in [1.165, 1.54) is 7.11 Å². The number of likely N-dealkylation sites (N-methyl/N-ethyl adjacent to an activating group) is 1. The number of hydrogen-bond donors (Lipinski definition) is 2. The molecule has 124 valence electrons. The van der Waals surface area contributed by atoms with Crippen LogP contribution in [0.4, 0.5) is 4.79 Å². The second-order valence-corrected chi connectivity index (χ2v) is 5.36. The summed E-state index contributed by atoms with van der Waals surface area (Å²) >= 11 is 0. The van der Waals surface area contributed by atoms with Gasteiger partial charge in [0.2, 0.25) is 5.91 Å². The Morgan fingerprint density at radius 1 is 1.43 bits per heavy atom. The van der Waals surface area contributed by atoms with E-state index < -0.39 is 11.9 Å². The third kappa shape index (κ3) is 7.40. The molecule has 3 amide bonds. The van der Waals surface area contributed by atoms with E-state index in [0.717, 1.165) is 5.56 Å². The number of amides is 3. The van der Waals surface area contributed by atoms with Crippen LogP contribution in [0.3, 0.4) is 0 Å². The van der Waals surface area contributed by atoms with Gasteiger partial charge in [-0.1, -0.05) is 12.1 Å². The van der Waals surface area contributed by atoms with Crippen LogP contribution in [0.25, 0.3) is 0 Å². The summed E-state index contributed by atoms with van der Waals surface area (Å²) in [6.45, 7) is 2.73. The second kappa shape index (κ2) is 9.56. The Kier molecular flexibility index (Phi) is 7.74. The molecule has 0 saturated heterocycles. The third-order valence-electron chi connectivity index (χ3n) is 2.97. The highest BCUT2D eigenvalue weighted by Gasteiger charge is 2.12. The molecule has 7 heteroatoms. The fraction of sp³-hybridized carbons (Fsp3) is 0.438. The van der Waals surface area contributed by atoms with Crippen LogP contribution in [0.5, 0.6) is 0 Å².